The van der Waals surface area contributed by atoms with E-state index in [1.165, 1.54) is 23.5 Å². The van der Waals surface area contributed by atoms with Crippen LogP contribution in [0.5, 0.6) is 0 Å². The van der Waals surface area contributed by atoms with Crippen LogP contribution in [0.2, 0.25) is 0 Å². The van der Waals surface area contributed by atoms with E-state index in [0.29, 0.717) is 6.29 Å². The van der Waals surface area contributed by atoms with E-state index in [1.807, 2.05) is 19.1 Å². The number of carbonyl (C=O) groups is 1. The molecule has 0 aromatic carbocycles. The fourth-order valence-electron chi connectivity index (χ4n) is 1.58. The molecule has 0 saturated heterocycles. The first-order chi connectivity index (χ1) is 8.92. The number of carbonyl (C=O) groups excluding carboxylic acids is 1. The predicted octanol–water partition coefficient (Wildman–Crippen LogP) is 2.50. The molecule has 0 spiro atoms. The third kappa shape index (κ3) is 3.12. The fourth-order valence-corrected chi connectivity index (χ4v) is 3.69. The van der Waals surface area contributed by atoms with Crippen molar-refractivity contribution in [2.45, 2.75) is 25.0 Å². The van der Waals surface area contributed by atoms with E-state index >= 15 is 0 Å². The van der Waals surface area contributed by atoms with Gasteiger partial charge in [0, 0.05) is 9.75 Å². The summed E-state index contributed by atoms with van der Waals surface area (Å²) in [5.74, 6) is -0.0139. The van der Waals surface area contributed by atoms with Gasteiger partial charge >= 0.3 is 0 Å². The third-order valence-corrected chi connectivity index (χ3v) is 5.10. The Hall–Kier alpha value is -1.44. The highest BCUT2D eigenvalue weighted by atomic mass is 32.2. The van der Waals surface area contributed by atoms with Crippen LogP contribution in [-0.4, -0.2) is 14.7 Å². The lowest BCUT2D eigenvalue weighted by molar-refractivity contribution is 0.109. The maximum Gasteiger partial charge on any atom is 0.274 e. The van der Waals surface area contributed by atoms with Crippen molar-refractivity contribution < 1.29 is 17.6 Å². The van der Waals surface area contributed by atoms with Crippen LogP contribution in [0, 0.1) is 6.92 Å². The van der Waals surface area contributed by atoms with Crippen molar-refractivity contribution in [2.24, 2.45) is 0 Å². The number of furan rings is 1. The zero-order chi connectivity index (χ0) is 14.0. The monoisotopic (exact) mass is 299 g/mol. The van der Waals surface area contributed by atoms with Gasteiger partial charge in [0.15, 0.2) is 12.0 Å². The minimum Gasteiger partial charge on any atom is -0.440 e. The number of hydrogen-bond acceptors (Lipinski definition) is 5. The molecule has 0 aliphatic rings. The van der Waals surface area contributed by atoms with Crippen LogP contribution in [0.3, 0.4) is 0 Å². The lowest BCUT2D eigenvalue weighted by Gasteiger charge is -2.10. The summed E-state index contributed by atoms with van der Waals surface area (Å²) in [5, 5.41) is -0.255. The van der Waals surface area contributed by atoms with E-state index in [4.69, 9.17) is 4.42 Å². The minimum absolute atomic E-state index is 0.0139. The Morgan fingerprint density at radius 2 is 2.05 bits per heavy atom. The summed E-state index contributed by atoms with van der Waals surface area (Å²) >= 11 is 1.53. The van der Waals surface area contributed by atoms with Crippen LogP contribution in [0.25, 0.3) is 0 Å². The summed E-state index contributed by atoms with van der Waals surface area (Å²) < 4.78 is 31.5. The molecule has 0 bridgehead atoms. The molecule has 0 saturated carbocycles. The van der Waals surface area contributed by atoms with Crippen molar-refractivity contribution in [3.8, 4) is 0 Å². The first-order valence-corrected chi connectivity index (χ1v) is 7.86. The zero-order valence-electron chi connectivity index (χ0n) is 10.4. The number of hydrogen-bond donors (Lipinski definition) is 1. The normalized spacial score (nSPS) is 13.4. The largest absolute Gasteiger partial charge is 0.440 e. The molecule has 2 heterocycles. The molecule has 2 rings (SSSR count). The summed E-state index contributed by atoms with van der Waals surface area (Å²) in [5.41, 5.74) is 0. The average Bonchev–Trinajstić information content (AvgIpc) is 2.96. The molecule has 1 atom stereocenters. The minimum atomic E-state index is -3.76. The standard InChI is InChI=1S/C12H13NO4S2/c1-8-3-5-11(18-8)9(2)13-19(15,16)12-6-4-10(7-14)17-12/h3-7,9,13H,1-2H3. The molecule has 0 radical (unpaired) electrons. The number of thiophene rings is 1. The van der Waals surface area contributed by atoms with Gasteiger partial charge in [0.05, 0.1) is 6.04 Å². The zero-order valence-corrected chi connectivity index (χ0v) is 12.0. The van der Waals surface area contributed by atoms with Crippen LogP contribution < -0.4 is 4.72 Å². The molecule has 1 unspecified atom stereocenters. The molecule has 2 aromatic rings. The molecule has 19 heavy (non-hydrogen) atoms. The number of nitrogens with one attached hydrogen (secondary N) is 1. The summed E-state index contributed by atoms with van der Waals surface area (Å²) in [6, 6.07) is 6.04. The van der Waals surface area contributed by atoms with E-state index in [1.54, 1.807) is 6.92 Å². The predicted molar refractivity (Wildman–Crippen MR) is 71.9 cm³/mol. The molecule has 0 amide bonds. The maximum absolute atomic E-state index is 12.0. The molecule has 0 aliphatic carbocycles. The van der Waals surface area contributed by atoms with E-state index < -0.39 is 10.0 Å². The van der Waals surface area contributed by atoms with E-state index in [-0.39, 0.29) is 16.9 Å². The number of aryl methyl sites for hydroxylation is 1. The van der Waals surface area contributed by atoms with Crippen molar-refractivity contribution in [3.63, 3.8) is 0 Å². The van der Waals surface area contributed by atoms with Crippen molar-refractivity contribution in [1.29, 1.82) is 0 Å². The molecule has 7 heteroatoms. The molecule has 5 nitrogen and oxygen atoms in total. The van der Waals surface area contributed by atoms with Gasteiger partial charge in [0.25, 0.3) is 10.0 Å². The van der Waals surface area contributed by atoms with Gasteiger partial charge in [-0.3, -0.25) is 4.79 Å². The maximum atomic E-state index is 12.0. The lowest BCUT2D eigenvalue weighted by atomic mass is 10.3. The first kappa shape index (κ1) is 14.0. The highest BCUT2D eigenvalue weighted by molar-refractivity contribution is 7.89. The second-order valence-electron chi connectivity index (χ2n) is 4.07. The highest BCUT2D eigenvalue weighted by Crippen LogP contribution is 2.24. The van der Waals surface area contributed by atoms with Gasteiger partial charge in [-0.05, 0) is 38.1 Å². The third-order valence-electron chi connectivity index (χ3n) is 2.50. The van der Waals surface area contributed by atoms with Crippen LogP contribution in [0.1, 0.15) is 33.3 Å². The summed E-state index contributed by atoms with van der Waals surface area (Å²) in [6.45, 7) is 3.71. The van der Waals surface area contributed by atoms with Gasteiger partial charge in [0.2, 0.25) is 5.09 Å². The molecule has 1 N–H and O–H groups in total. The molecule has 102 valence electrons. The Labute approximate surface area is 115 Å². The number of aldehydes is 1. The van der Waals surface area contributed by atoms with Gasteiger partial charge in [-0.2, -0.15) is 0 Å². The Morgan fingerprint density at radius 1 is 1.32 bits per heavy atom. The van der Waals surface area contributed by atoms with E-state index in [0.717, 1.165) is 9.75 Å². The van der Waals surface area contributed by atoms with Gasteiger partial charge in [0.1, 0.15) is 0 Å². The Morgan fingerprint density at radius 3 is 2.58 bits per heavy atom. The number of sulfonamides is 1. The Kier molecular flexibility index (Phi) is 3.88. The van der Waals surface area contributed by atoms with Crippen molar-refractivity contribution in [1.82, 2.24) is 4.72 Å². The Balaban J connectivity index is 2.19. The van der Waals surface area contributed by atoms with Crippen LogP contribution >= 0.6 is 11.3 Å². The SMILES string of the molecule is Cc1ccc(C(C)NS(=O)(=O)c2ccc(C=O)o2)s1. The van der Waals surface area contributed by atoms with Gasteiger partial charge in [-0.25, -0.2) is 13.1 Å². The summed E-state index contributed by atoms with van der Waals surface area (Å²) in [7, 11) is -3.76. The Bertz CT molecular complexity index is 684. The lowest BCUT2D eigenvalue weighted by Crippen LogP contribution is -2.26. The van der Waals surface area contributed by atoms with Gasteiger partial charge in [-0.15, -0.1) is 11.3 Å². The fraction of sp³-hybridized carbons (Fsp3) is 0.250. The molecule has 0 aliphatic heterocycles. The second-order valence-corrected chi connectivity index (χ2v) is 7.03. The van der Waals surface area contributed by atoms with E-state index in [2.05, 4.69) is 4.72 Å². The smallest absolute Gasteiger partial charge is 0.274 e. The topological polar surface area (TPSA) is 76.4 Å². The first-order valence-electron chi connectivity index (χ1n) is 5.56. The second kappa shape index (κ2) is 5.28. The number of rotatable bonds is 5. The molecule has 0 fully saturated rings. The van der Waals surface area contributed by atoms with Crippen LogP contribution in [0.15, 0.2) is 33.8 Å². The van der Waals surface area contributed by atoms with Crippen molar-refractivity contribution in [2.75, 3.05) is 0 Å². The summed E-state index contributed by atoms with van der Waals surface area (Å²) in [6.07, 6.45) is 0.463. The average molecular weight is 299 g/mol. The molecular weight excluding hydrogens is 286 g/mol. The van der Waals surface area contributed by atoms with Crippen LogP contribution in [0.4, 0.5) is 0 Å². The molecular formula is C12H13NO4S2. The van der Waals surface area contributed by atoms with Gasteiger partial charge in [-0.1, -0.05) is 0 Å². The highest BCUT2D eigenvalue weighted by Gasteiger charge is 2.22. The van der Waals surface area contributed by atoms with Gasteiger partial charge < -0.3 is 4.42 Å². The van der Waals surface area contributed by atoms with Crippen LogP contribution in [-0.2, 0) is 10.0 Å². The molecule has 2 aromatic heterocycles. The van der Waals surface area contributed by atoms with Crippen molar-refractivity contribution >= 4 is 27.6 Å². The quantitative estimate of drug-likeness (QED) is 0.861. The van der Waals surface area contributed by atoms with Crippen molar-refractivity contribution in [3.05, 3.63) is 39.8 Å². The summed E-state index contributed by atoms with van der Waals surface area (Å²) in [4.78, 5) is 12.5. The van der Waals surface area contributed by atoms with E-state index in [9.17, 15) is 13.2 Å².